The quantitative estimate of drug-likeness (QED) is 0.337. The fourth-order valence-electron chi connectivity index (χ4n) is 1.21. The second kappa shape index (κ2) is 9.97. The fraction of sp³-hybridized carbons (Fsp3) is 0.917. The first-order chi connectivity index (χ1) is 7.24. The summed E-state index contributed by atoms with van der Waals surface area (Å²) >= 11 is 0. The molecule has 0 spiro atoms. The van der Waals surface area contributed by atoms with Gasteiger partial charge in [-0.3, -0.25) is 4.79 Å². The van der Waals surface area contributed by atoms with E-state index in [2.05, 4.69) is 6.92 Å². The first-order valence-electron chi connectivity index (χ1n) is 6.05. The lowest BCUT2D eigenvalue weighted by Gasteiger charge is -2.16. The van der Waals surface area contributed by atoms with Crippen LogP contribution in [0, 0.1) is 0 Å². The van der Waals surface area contributed by atoms with E-state index >= 15 is 0 Å². The van der Waals surface area contributed by atoms with Crippen molar-refractivity contribution in [3.63, 3.8) is 0 Å². The maximum Gasteiger partial charge on any atom is 0.308 e. The van der Waals surface area contributed by atoms with Gasteiger partial charge < -0.3 is 9.47 Å². The van der Waals surface area contributed by atoms with Gasteiger partial charge in [-0.1, -0.05) is 33.6 Å². The zero-order chi connectivity index (χ0) is 11.5. The van der Waals surface area contributed by atoms with Crippen LogP contribution in [0.1, 0.15) is 59.3 Å². The molecule has 0 N–H and O–H groups in total. The molecule has 90 valence electrons. The third-order valence-corrected chi connectivity index (χ3v) is 2.10. The van der Waals surface area contributed by atoms with Crippen LogP contribution in [0.15, 0.2) is 0 Å². The van der Waals surface area contributed by atoms with Gasteiger partial charge in [-0.25, -0.2) is 0 Å². The Kier molecular flexibility index (Phi) is 9.59. The molecule has 0 aromatic carbocycles. The summed E-state index contributed by atoms with van der Waals surface area (Å²) in [5, 5.41) is 0. The van der Waals surface area contributed by atoms with Gasteiger partial charge in [-0.2, -0.15) is 0 Å². The summed E-state index contributed by atoms with van der Waals surface area (Å²) in [6, 6.07) is 0. The van der Waals surface area contributed by atoms with Gasteiger partial charge >= 0.3 is 5.97 Å². The molecule has 3 nitrogen and oxygen atoms in total. The summed E-state index contributed by atoms with van der Waals surface area (Å²) in [7, 11) is 0. The zero-order valence-electron chi connectivity index (χ0n) is 10.3. The summed E-state index contributed by atoms with van der Waals surface area (Å²) in [4.78, 5) is 11.2. The molecule has 0 aromatic heterocycles. The molecule has 0 aliphatic rings. The number of esters is 1. The Labute approximate surface area is 93.1 Å². The van der Waals surface area contributed by atoms with Crippen LogP contribution in [0.4, 0.5) is 0 Å². The molecule has 0 aliphatic heterocycles. The van der Waals surface area contributed by atoms with E-state index in [9.17, 15) is 4.79 Å². The van der Waals surface area contributed by atoms with Gasteiger partial charge in [-0.05, 0) is 12.8 Å². The molecule has 0 amide bonds. The molecule has 15 heavy (non-hydrogen) atoms. The Morgan fingerprint density at radius 3 is 2.40 bits per heavy atom. The highest BCUT2D eigenvalue weighted by Gasteiger charge is 2.11. The lowest BCUT2D eigenvalue weighted by atomic mass is 10.3. The smallest absolute Gasteiger partial charge is 0.308 e. The van der Waals surface area contributed by atoms with Gasteiger partial charge in [0.2, 0.25) is 6.29 Å². The number of carbonyl (C=O) groups excluding carboxylic acids is 1. The SMILES string of the molecule is CCCCCOC(CC)OC(=O)CCC. The minimum absolute atomic E-state index is 0.153. The molecule has 0 radical (unpaired) electrons. The lowest BCUT2D eigenvalue weighted by molar-refractivity contribution is -0.179. The highest BCUT2D eigenvalue weighted by atomic mass is 16.7. The Morgan fingerprint density at radius 2 is 1.87 bits per heavy atom. The van der Waals surface area contributed by atoms with Gasteiger partial charge in [0.05, 0.1) is 6.61 Å². The van der Waals surface area contributed by atoms with E-state index in [0.717, 1.165) is 19.3 Å². The Balaban J connectivity index is 3.58. The van der Waals surface area contributed by atoms with Gasteiger partial charge in [0.15, 0.2) is 0 Å². The van der Waals surface area contributed by atoms with Gasteiger partial charge in [-0.15, -0.1) is 0 Å². The van der Waals surface area contributed by atoms with Crippen LogP contribution in [0.5, 0.6) is 0 Å². The van der Waals surface area contributed by atoms with Crippen molar-refractivity contribution in [2.24, 2.45) is 0 Å². The topological polar surface area (TPSA) is 35.5 Å². The van der Waals surface area contributed by atoms with Gasteiger partial charge in [0.1, 0.15) is 0 Å². The molecule has 0 aliphatic carbocycles. The van der Waals surface area contributed by atoms with Crippen molar-refractivity contribution in [2.45, 2.75) is 65.6 Å². The standard InChI is InChI=1S/C12H24O3/c1-4-7-8-10-14-12(6-3)15-11(13)9-5-2/h12H,4-10H2,1-3H3. The molecule has 0 aromatic rings. The van der Waals surface area contributed by atoms with Gasteiger partial charge in [0.25, 0.3) is 0 Å². The maximum absolute atomic E-state index is 11.2. The monoisotopic (exact) mass is 216 g/mol. The van der Waals surface area contributed by atoms with E-state index in [-0.39, 0.29) is 12.3 Å². The second-order valence-electron chi connectivity index (χ2n) is 3.66. The maximum atomic E-state index is 11.2. The Morgan fingerprint density at radius 1 is 1.13 bits per heavy atom. The van der Waals surface area contributed by atoms with Crippen LogP contribution in [-0.2, 0) is 14.3 Å². The molecule has 0 saturated heterocycles. The molecule has 0 rings (SSSR count). The van der Waals surface area contributed by atoms with Crippen LogP contribution in [0.2, 0.25) is 0 Å². The molecule has 0 saturated carbocycles. The number of carbonyl (C=O) groups is 1. The van der Waals surface area contributed by atoms with E-state index in [1.54, 1.807) is 0 Å². The molecule has 1 unspecified atom stereocenters. The second-order valence-corrected chi connectivity index (χ2v) is 3.66. The van der Waals surface area contributed by atoms with Crippen molar-refractivity contribution in [1.82, 2.24) is 0 Å². The third kappa shape index (κ3) is 8.43. The van der Waals surface area contributed by atoms with E-state index in [0.29, 0.717) is 13.0 Å². The Bertz CT molecular complexity index is 157. The predicted molar refractivity (Wildman–Crippen MR) is 60.6 cm³/mol. The predicted octanol–water partition coefficient (Wildman–Crippen LogP) is 3.27. The molecular weight excluding hydrogens is 192 g/mol. The summed E-state index contributed by atoms with van der Waals surface area (Å²) < 4.78 is 10.6. The van der Waals surface area contributed by atoms with Crippen molar-refractivity contribution in [1.29, 1.82) is 0 Å². The van der Waals surface area contributed by atoms with Crippen LogP contribution >= 0.6 is 0 Å². The van der Waals surface area contributed by atoms with Crippen LogP contribution in [-0.4, -0.2) is 18.9 Å². The van der Waals surface area contributed by atoms with Crippen molar-refractivity contribution in [3.05, 3.63) is 0 Å². The number of rotatable bonds is 9. The molecule has 3 heteroatoms. The third-order valence-electron chi connectivity index (χ3n) is 2.10. The average molecular weight is 216 g/mol. The van der Waals surface area contributed by atoms with Gasteiger partial charge in [0, 0.05) is 12.8 Å². The summed E-state index contributed by atoms with van der Waals surface area (Å²) in [6.07, 6.45) is 5.07. The van der Waals surface area contributed by atoms with E-state index < -0.39 is 0 Å². The number of unbranched alkanes of at least 4 members (excludes halogenated alkanes) is 2. The summed E-state index contributed by atoms with van der Waals surface area (Å²) in [6.45, 7) is 6.76. The molecule has 0 bridgehead atoms. The number of ether oxygens (including phenoxy) is 2. The van der Waals surface area contributed by atoms with Crippen molar-refractivity contribution >= 4 is 5.97 Å². The summed E-state index contributed by atoms with van der Waals surface area (Å²) in [5.74, 6) is -0.153. The van der Waals surface area contributed by atoms with E-state index in [1.807, 2.05) is 13.8 Å². The van der Waals surface area contributed by atoms with Crippen LogP contribution in [0.25, 0.3) is 0 Å². The van der Waals surface area contributed by atoms with Crippen LogP contribution in [0.3, 0.4) is 0 Å². The fourth-order valence-corrected chi connectivity index (χ4v) is 1.21. The number of hydrogen-bond donors (Lipinski definition) is 0. The molecule has 0 heterocycles. The van der Waals surface area contributed by atoms with Crippen LogP contribution < -0.4 is 0 Å². The van der Waals surface area contributed by atoms with Crippen molar-refractivity contribution < 1.29 is 14.3 Å². The molecule has 0 fully saturated rings. The highest BCUT2D eigenvalue weighted by Crippen LogP contribution is 2.05. The van der Waals surface area contributed by atoms with Crippen molar-refractivity contribution in [3.8, 4) is 0 Å². The first kappa shape index (κ1) is 14.4. The first-order valence-corrected chi connectivity index (χ1v) is 6.05. The average Bonchev–Trinajstić information content (AvgIpc) is 2.23. The van der Waals surface area contributed by atoms with E-state index in [4.69, 9.17) is 9.47 Å². The lowest BCUT2D eigenvalue weighted by Crippen LogP contribution is -2.21. The van der Waals surface area contributed by atoms with Crippen molar-refractivity contribution in [2.75, 3.05) is 6.61 Å². The molecule has 1 atom stereocenters. The minimum atomic E-state index is -0.346. The normalized spacial score (nSPS) is 12.5. The summed E-state index contributed by atoms with van der Waals surface area (Å²) in [5.41, 5.74) is 0. The van der Waals surface area contributed by atoms with E-state index in [1.165, 1.54) is 12.8 Å². The molecular formula is C12H24O3. The minimum Gasteiger partial charge on any atom is -0.436 e. The highest BCUT2D eigenvalue weighted by molar-refractivity contribution is 5.69. The zero-order valence-corrected chi connectivity index (χ0v) is 10.3. The Hall–Kier alpha value is -0.570. The number of hydrogen-bond acceptors (Lipinski definition) is 3. The largest absolute Gasteiger partial charge is 0.436 e.